The maximum Gasteiger partial charge on any atom is 0.230 e. The molecule has 9 heteroatoms. The summed E-state index contributed by atoms with van der Waals surface area (Å²) >= 11 is 1.16. The molecule has 0 spiro atoms. The minimum atomic E-state index is -0.449. The van der Waals surface area contributed by atoms with E-state index in [1.54, 1.807) is 37.4 Å². The number of benzene rings is 2. The molecule has 3 aromatic rings. The fourth-order valence-corrected chi connectivity index (χ4v) is 3.07. The van der Waals surface area contributed by atoms with Crippen LogP contribution in [0.2, 0.25) is 0 Å². The number of rotatable bonds is 8. The first-order valence-corrected chi connectivity index (χ1v) is 9.11. The van der Waals surface area contributed by atoms with Crippen LogP contribution in [0.25, 0.3) is 0 Å². The Morgan fingerprint density at radius 1 is 1.07 bits per heavy atom. The molecule has 1 amide bonds. The summed E-state index contributed by atoms with van der Waals surface area (Å²) in [7, 11) is 3.08. The van der Waals surface area contributed by atoms with E-state index < -0.39 is 5.82 Å². The third-order valence-electron chi connectivity index (χ3n) is 3.71. The van der Waals surface area contributed by atoms with E-state index in [0.29, 0.717) is 21.6 Å². The van der Waals surface area contributed by atoms with Gasteiger partial charge in [0, 0.05) is 0 Å². The predicted molar refractivity (Wildman–Crippen MR) is 103 cm³/mol. The predicted octanol–water partition coefficient (Wildman–Crippen LogP) is 3.45. The van der Waals surface area contributed by atoms with Gasteiger partial charge in [-0.1, -0.05) is 29.5 Å². The summed E-state index contributed by atoms with van der Waals surface area (Å²) < 4.78 is 29.3. The first-order chi connectivity index (χ1) is 13.6. The number of hydrogen-bond acceptors (Lipinski definition) is 7. The van der Waals surface area contributed by atoms with Crippen LogP contribution in [0.1, 0.15) is 10.6 Å². The number of halogens is 1. The van der Waals surface area contributed by atoms with Crippen LogP contribution < -0.4 is 19.5 Å². The number of anilines is 1. The maximum atomic E-state index is 13.5. The number of methoxy groups -OCH3 is 2. The number of nitrogens with zero attached hydrogens (tertiary/aromatic N) is 2. The van der Waals surface area contributed by atoms with Gasteiger partial charge in [-0.3, -0.25) is 4.79 Å². The van der Waals surface area contributed by atoms with Gasteiger partial charge in [0.25, 0.3) is 0 Å². The van der Waals surface area contributed by atoms with Gasteiger partial charge in [0.2, 0.25) is 11.0 Å². The lowest BCUT2D eigenvalue weighted by Gasteiger charge is -2.09. The highest BCUT2D eigenvalue weighted by Gasteiger charge is 2.12. The lowest BCUT2D eigenvalue weighted by atomic mass is 10.1. The van der Waals surface area contributed by atoms with Crippen LogP contribution in [0.4, 0.5) is 9.52 Å². The Hall–Kier alpha value is -3.20. The van der Waals surface area contributed by atoms with Gasteiger partial charge in [-0.2, -0.15) is 0 Å². The zero-order valence-electron chi connectivity index (χ0n) is 15.3. The molecule has 1 heterocycles. The van der Waals surface area contributed by atoms with Crippen molar-refractivity contribution in [3.8, 4) is 17.2 Å². The van der Waals surface area contributed by atoms with Gasteiger partial charge >= 0.3 is 0 Å². The first kappa shape index (κ1) is 19.6. The maximum absolute atomic E-state index is 13.5. The van der Waals surface area contributed by atoms with Crippen molar-refractivity contribution in [2.75, 3.05) is 19.5 Å². The van der Waals surface area contributed by atoms with Gasteiger partial charge < -0.3 is 19.5 Å². The highest BCUT2D eigenvalue weighted by atomic mass is 32.1. The molecular weight excluding hydrogens is 385 g/mol. The van der Waals surface area contributed by atoms with Crippen LogP contribution >= 0.6 is 11.3 Å². The largest absolute Gasteiger partial charge is 0.493 e. The van der Waals surface area contributed by atoms with Gasteiger partial charge in [-0.15, -0.1) is 10.2 Å². The van der Waals surface area contributed by atoms with Gasteiger partial charge in [0.05, 0.1) is 20.6 Å². The number of nitrogens with one attached hydrogen (secondary N) is 1. The molecular formula is C19H18FN3O4S. The number of carbonyl (C=O) groups excluding carboxylic acids is 1. The van der Waals surface area contributed by atoms with E-state index in [2.05, 4.69) is 15.5 Å². The van der Waals surface area contributed by atoms with E-state index in [0.717, 1.165) is 16.9 Å². The summed E-state index contributed by atoms with van der Waals surface area (Å²) in [6.07, 6.45) is 0.140. The van der Waals surface area contributed by atoms with E-state index in [1.165, 1.54) is 19.2 Å². The standard InChI is InChI=1S/C19H18FN3O4S/c1-25-15-8-7-12(9-16(15)26-2)10-17(24)21-19-23-22-18(28-19)11-27-14-6-4-3-5-13(14)20/h3-9H,10-11H2,1-2H3,(H,21,23,24). The van der Waals surface area contributed by atoms with Crippen LogP contribution in [0.3, 0.4) is 0 Å². The molecule has 1 N–H and O–H groups in total. The lowest BCUT2D eigenvalue weighted by molar-refractivity contribution is -0.115. The van der Waals surface area contributed by atoms with Crippen LogP contribution in [-0.4, -0.2) is 30.3 Å². The number of hydrogen-bond donors (Lipinski definition) is 1. The molecule has 0 aliphatic heterocycles. The number of ether oxygens (including phenoxy) is 3. The minimum absolute atomic E-state index is 0.0597. The monoisotopic (exact) mass is 403 g/mol. The van der Waals surface area contributed by atoms with Crippen molar-refractivity contribution in [1.29, 1.82) is 0 Å². The van der Waals surface area contributed by atoms with Crippen LogP contribution in [0.5, 0.6) is 17.2 Å². The summed E-state index contributed by atoms with van der Waals surface area (Å²) in [6.45, 7) is 0.0597. The van der Waals surface area contributed by atoms with E-state index in [4.69, 9.17) is 14.2 Å². The number of aromatic nitrogens is 2. The lowest BCUT2D eigenvalue weighted by Crippen LogP contribution is -2.14. The van der Waals surface area contributed by atoms with E-state index in [-0.39, 0.29) is 24.7 Å². The molecule has 0 atom stereocenters. The zero-order valence-corrected chi connectivity index (χ0v) is 16.1. The Morgan fingerprint density at radius 2 is 1.86 bits per heavy atom. The molecule has 0 saturated heterocycles. The van der Waals surface area contributed by atoms with Crippen molar-refractivity contribution in [3.05, 3.63) is 58.9 Å². The SMILES string of the molecule is COc1ccc(CC(=O)Nc2nnc(COc3ccccc3F)s2)cc1OC. The van der Waals surface area contributed by atoms with E-state index in [1.807, 2.05) is 0 Å². The summed E-state index contributed by atoms with van der Waals surface area (Å²) in [5, 5.41) is 11.4. The number of carbonyl (C=O) groups is 1. The molecule has 0 aliphatic carbocycles. The average molecular weight is 403 g/mol. The van der Waals surface area contributed by atoms with Crippen LogP contribution in [0, 0.1) is 5.82 Å². The fourth-order valence-electron chi connectivity index (χ4n) is 2.40. The van der Waals surface area contributed by atoms with Gasteiger partial charge in [0.15, 0.2) is 28.1 Å². The topological polar surface area (TPSA) is 82.6 Å². The quantitative estimate of drug-likeness (QED) is 0.620. The molecule has 0 aliphatic rings. The van der Waals surface area contributed by atoms with E-state index >= 15 is 0 Å². The van der Waals surface area contributed by atoms with Gasteiger partial charge in [0.1, 0.15) is 6.61 Å². The van der Waals surface area contributed by atoms with Crippen molar-refractivity contribution in [2.45, 2.75) is 13.0 Å². The molecule has 0 radical (unpaired) electrons. The second-order valence-electron chi connectivity index (χ2n) is 5.63. The highest BCUT2D eigenvalue weighted by molar-refractivity contribution is 7.15. The Labute approximate surface area is 165 Å². The molecule has 28 heavy (non-hydrogen) atoms. The van der Waals surface area contributed by atoms with Gasteiger partial charge in [-0.05, 0) is 29.8 Å². The Balaban J connectivity index is 1.56. The summed E-state index contributed by atoms with van der Waals surface area (Å²) in [5.41, 5.74) is 0.766. The van der Waals surface area contributed by atoms with Crippen molar-refractivity contribution in [3.63, 3.8) is 0 Å². The van der Waals surface area contributed by atoms with E-state index in [9.17, 15) is 9.18 Å². The average Bonchev–Trinajstić information content (AvgIpc) is 3.14. The van der Waals surface area contributed by atoms with Crippen molar-refractivity contribution >= 4 is 22.4 Å². The fraction of sp³-hybridized carbons (Fsp3) is 0.211. The molecule has 0 unspecified atom stereocenters. The molecule has 0 bridgehead atoms. The smallest absolute Gasteiger partial charge is 0.230 e. The number of para-hydroxylation sites is 1. The molecule has 7 nitrogen and oxygen atoms in total. The Morgan fingerprint density at radius 3 is 2.61 bits per heavy atom. The second kappa shape index (κ2) is 9.14. The molecule has 146 valence electrons. The normalized spacial score (nSPS) is 10.4. The molecule has 1 aromatic heterocycles. The summed E-state index contributed by atoms with van der Waals surface area (Å²) in [6, 6.07) is 11.4. The molecule has 0 saturated carbocycles. The third-order valence-corrected chi connectivity index (χ3v) is 4.53. The van der Waals surface area contributed by atoms with Crippen molar-refractivity contribution in [1.82, 2.24) is 10.2 Å². The third kappa shape index (κ3) is 4.95. The summed E-state index contributed by atoms with van der Waals surface area (Å²) in [4.78, 5) is 12.2. The van der Waals surface area contributed by atoms with Crippen molar-refractivity contribution < 1.29 is 23.4 Å². The van der Waals surface area contributed by atoms with Gasteiger partial charge in [-0.25, -0.2) is 4.39 Å². The zero-order chi connectivity index (χ0) is 19.9. The van der Waals surface area contributed by atoms with Crippen molar-refractivity contribution in [2.24, 2.45) is 0 Å². The second-order valence-corrected chi connectivity index (χ2v) is 6.70. The minimum Gasteiger partial charge on any atom is -0.493 e. The highest BCUT2D eigenvalue weighted by Crippen LogP contribution is 2.28. The van der Waals surface area contributed by atoms with Crippen LogP contribution in [-0.2, 0) is 17.8 Å². The molecule has 3 rings (SSSR count). The number of amides is 1. The molecule has 0 fully saturated rings. The Kier molecular flexibility index (Phi) is 6.38. The Bertz CT molecular complexity index is 964. The van der Waals surface area contributed by atoms with Crippen LogP contribution in [0.15, 0.2) is 42.5 Å². The molecule has 2 aromatic carbocycles. The summed E-state index contributed by atoms with van der Waals surface area (Å²) in [5.74, 6) is 0.587. The first-order valence-electron chi connectivity index (χ1n) is 8.29.